The summed E-state index contributed by atoms with van der Waals surface area (Å²) in [6.45, 7) is 0.304. The lowest BCUT2D eigenvalue weighted by Crippen LogP contribution is -2.36. The molecule has 9 nitrogen and oxygen atoms in total. The van der Waals surface area contributed by atoms with E-state index in [9.17, 15) is 9.59 Å². The fraction of sp³-hybridized carbons (Fsp3) is 0.154. The molecule has 0 bridgehead atoms. The Morgan fingerprint density at radius 3 is 2.23 bits per heavy atom. The fourth-order valence-electron chi connectivity index (χ4n) is 3.66. The standard InChI is InChI=1S/C26H22N2O7/c1-31-19-7-4-17(5-8-19)25(26(30)27-18-6-10-21-23(13-18)35-15-33-21)28-24(29)11-3-16-2-9-20-22(12-16)34-14-32-20/h2-13,25H,14-15H2,1H3,(H,27,30)(H,28,29)/b11-3-/t25-/m1/s1. The van der Waals surface area contributed by atoms with Crippen LogP contribution in [0.25, 0.3) is 6.08 Å². The number of carbonyl (C=O) groups excluding carboxylic acids is 2. The van der Waals surface area contributed by atoms with Crippen LogP contribution in [0.5, 0.6) is 28.7 Å². The molecule has 0 aliphatic carbocycles. The zero-order valence-corrected chi connectivity index (χ0v) is 18.8. The topological polar surface area (TPSA) is 104 Å². The molecule has 0 saturated carbocycles. The van der Waals surface area contributed by atoms with Crippen LogP contribution in [0, 0.1) is 0 Å². The molecule has 9 heteroatoms. The molecular formula is C26H22N2O7. The Morgan fingerprint density at radius 2 is 1.51 bits per heavy atom. The number of ether oxygens (including phenoxy) is 5. The normalized spacial score (nSPS) is 14.0. The van der Waals surface area contributed by atoms with Gasteiger partial charge < -0.3 is 34.3 Å². The Labute approximate surface area is 201 Å². The van der Waals surface area contributed by atoms with E-state index in [1.54, 1.807) is 67.8 Å². The number of fused-ring (bicyclic) bond motifs is 2. The Hall–Kier alpha value is -4.66. The average Bonchev–Trinajstić information content (AvgIpc) is 3.55. The third-order valence-corrected chi connectivity index (χ3v) is 5.46. The Kier molecular flexibility index (Phi) is 6.13. The SMILES string of the molecule is COc1ccc([C@@H](NC(=O)/C=C\c2ccc3c(c2)OCO3)C(=O)Nc2ccc3c(c2)OCO3)cc1. The van der Waals surface area contributed by atoms with Crippen molar-refractivity contribution in [2.45, 2.75) is 6.04 Å². The summed E-state index contributed by atoms with van der Waals surface area (Å²) >= 11 is 0. The highest BCUT2D eigenvalue weighted by atomic mass is 16.7. The van der Waals surface area contributed by atoms with Crippen LogP contribution in [0.3, 0.4) is 0 Å². The number of carbonyl (C=O) groups is 2. The Balaban J connectivity index is 1.33. The summed E-state index contributed by atoms with van der Waals surface area (Å²) in [7, 11) is 1.56. The van der Waals surface area contributed by atoms with E-state index >= 15 is 0 Å². The van der Waals surface area contributed by atoms with Crippen molar-refractivity contribution < 1.29 is 33.3 Å². The van der Waals surface area contributed by atoms with E-state index in [1.807, 2.05) is 6.07 Å². The largest absolute Gasteiger partial charge is 0.497 e. The number of hydrogen-bond acceptors (Lipinski definition) is 7. The monoisotopic (exact) mass is 474 g/mol. The van der Waals surface area contributed by atoms with Crippen molar-refractivity contribution in [3.8, 4) is 28.7 Å². The Morgan fingerprint density at radius 1 is 0.857 bits per heavy atom. The van der Waals surface area contributed by atoms with Gasteiger partial charge in [0.2, 0.25) is 19.5 Å². The quantitative estimate of drug-likeness (QED) is 0.504. The van der Waals surface area contributed by atoms with Crippen LogP contribution in [0.15, 0.2) is 66.7 Å². The molecule has 0 aromatic heterocycles. The van der Waals surface area contributed by atoms with E-state index in [4.69, 9.17) is 23.7 Å². The maximum absolute atomic E-state index is 13.2. The molecule has 3 aromatic carbocycles. The molecule has 0 radical (unpaired) electrons. The van der Waals surface area contributed by atoms with E-state index < -0.39 is 17.9 Å². The van der Waals surface area contributed by atoms with Gasteiger partial charge in [0.05, 0.1) is 7.11 Å². The van der Waals surface area contributed by atoms with Gasteiger partial charge in [0.25, 0.3) is 5.91 Å². The molecule has 0 saturated heterocycles. The molecule has 5 rings (SSSR count). The number of rotatable bonds is 7. The third kappa shape index (κ3) is 4.98. The molecular weight excluding hydrogens is 452 g/mol. The van der Waals surface area contributed by atoms with Crippen LogP contribution >= 0.6 is 0 Å². The van der Waals surface area contributed by atoms with Gasteiger partial charge in [-0.3, -0.25) is 9.59 Å². The van der Waals surface area contributed by atoms with Gasteiger partial charge >= 0.3 is 0 Å². The van der Waals surface area contributed by atoms with Gasteiger partial charge in [0, 0.05) is 17.8 Å². The molecule has 1 atom stereocenters. The third-order valence-electron chi connectivity index (χ3n) is 5.46. The number of anilines is 1. The summed E-state index contributed by atoms with van der Waals surface area (Å²) in [5.41, 5.74) is 1.87. The van der Waals surface area contributed by atoms with Gasteiger partial charge in [0.15, 0.2) is 23.0 Å². The molecule has 0 spiro atoms. The van der Waals surface area contributed by atoms with Gasteiger partial charge in [-0.15, -0.1) is 0 Å². The van der Waals surface area contributed by atoms with Gasteiger partial charge in [-0.1, -0.05) is 18.2 Å². The molecule has 2 aliphatic heterocycles. The first-order valence-corrected chi connectivity index (χ1v) is 10.8. The van der Waals surface area contributed by atoms with E-state index in [0.29, 0.717) is 40.0 Å². The smallest absolute Gasteiger partial charge is 0.251 e. The summed E-state index contributed by atoms with van der Waals surface area (Å²) in [4.78, 5) is 26.0. The zero-order valence-electron chi connectivity index (χ0n) is 18.8. The minimum Gasteiger partial charge on any atom is -0.497 e. The summed E-state index contributed by atoms with van der Waals surface area (Å²) in [5.74, 6) is 2.20. The molecule has 0 unspecified atom stereocenters. The van der Waals surface area contributed by atoms with Crippen molar-refractivity contribution in [2.24, 2.45) is 0 Å². The van der Waals surface area contributed by atoms with Gasteiger partial charge in [-0.2, -0.15) is 0 Å². The minimum absolute atomic E-state index is 0.132. The first-order chi connectivity index (χ1) is 17.1. The molecule has 2 N–H and O–H groups in total. The fourth-order valence-corrected chi connectivity index (χ4v) is 3.66. The number of nitrogens with one attached hydrogen (secondary N) is 2. The maximum atomic E-state index is 13.2. The second-order valence-electron chi connectivity index (χ2n) is 7.72. The van der Waals surface area contributed by atoms with Crippen molar-refractivity contribution in [2.75, 3.05) is 26.0 Å². The van der Waals surface area contributed by atoms with E-state index in [1.165, 1.54) is 6.08 Å². The van der Waals surface area contributed by atoms with E-state index in [-0.39, 0.29) is 13.6 Å². The van der Waals surface area contributed by atoms with Crippen molar-refractivity contribution in [1.29, 1.82) is 0 Å². The second kappa shape index (κ2) is 9.68. The lowest BCUT2D eigenvalue weighted by atomic mass is 10.1. The van der Waals surface area contributed by atoms with E-state index in [0.717, 1.165) is 5.56 Å². The number of methoxy groups -OCH3 is 1. The molecule has 2 heterocycles. The van der Waals surface area contributed by atoms with Gasteiger partial charge in [-0.05, 0) is 53.6 Å². The first-order valence-electron chi connectivity index (χ1n) is 10.8. The second-order valence-corrected chi connectivity index (χ2v) is 7.72. The van der Waals surface area contributed by atoms with Crippen molar-refractivity contribution in [3.63, 3.8) is 0 Å². The van der Waals surface area contributed by atoms with Crippen molar-refractivity contribution in [3.05, 3.63) is 77.9 Å². The summed E-state index contributed by atoms with van der Waals surface area (Å²) in [6, 6.07) is 16.4. The summed E-state index contributed by atoms with van der Waals surface area (Å²) in [5, 5.41) is 5.61. The van der Waals surface area contributed by atoms with Crippen molar-refractivity contribution in [1.82, 2.24) is 5.32 Å². The first kappa shape index (κ1) is 22.1. The maximum Gasteiger partial charge on any atom is 0.251 e. The lowest BCUT2D eigenvalue weighted by molar-refractivity contribution is -0.123. The van der Waals surface area contributed by atoms with Crippen LogP contribution < -0.4 is 34.3 Å². The highest BCUT2D eigenvalue weighted by Gasteiger charge is 2.23. The molecule has 35 heavy (non-hydrogen) atoms. The lowest BCUT2D eigenvalue weighted by Gasteiger charge is -2.18. The number of amides is 2. The van der Waals surface area contributed by atoms with Crippen LogP contribution in [0.1, 0.15) is 17.2 Å². The highest BCUT2D eigenvalue weighted by molar-refractivity contribution is 6.00. The molecule has 0 fully saturated rings. The van der Waals surface area contributed by atoms with Gasteiger partial charge in [0.1, 0.15) is 11.8 Å². The molecule has 3 aromatic rings. The van der Waals surface area contributed by atoms with Crippen LogP contribution in [0.2, 0.25) is 0 Å². The number of benzene rings is 3. The van der Waals surface area contributed by atoms with Gasteiger partial charge in [-0.25, -0.2) is 0 Å². The van der Waals surface area contributed by atoms with Crippen LogP contribution in [-0.4, -0.2) is 32.5 Å². The number of hydrogen-bond donors (Lipinski definition) is 2. The Bertz CT molecular complexity index is 1290. The average molecular weight is 474 g/mol. The molecule has 178 valence electrons. The molecule has 2 amide bonds. The zero-order chi connectivity index (χ0) is 24.2. The predicted octanol–water partition coefficient (Wildman–Crippen LogP) is 3.66. The van der Waals surface area contributed by atoms with E-state index in [2.05, 4.69) is 10.6 Å². The van der Waals surface area contributed by atoms with Crippen LogP contribution in [-0.2, 0) is 9.59 Å². The summed E-state index contributed by atoms with van der Waals surface area (Å²) < 4.78 is 26.6. The highest BCUT2D eigenvalue weighted by Crippen LogP contribution is 2.35. The van der Waals surface area contributed by atoms with Crippen molar-refractivity contribution >= 4 is 23.6 Å². The summed E-state index contributed by atoms with van der Waals surface area (Å²) in [6.07, 6.45) is 3.00. The molecule has 2 aliphatic rings. The predicted molar refractivity (Wildman–Crippen MR) is 127 cm³/mol. The van der Waals surface area contributed by atoms with Crippen LogP contribution in [0.4, 0.5) is 5.69 Å². The minimum atomic E-state index is -0.958.